The SMILES string of the molecule is Cc1ccc(NC(=S)NC(C)C)c(OC(F)F)c1. The highest BCUT2D eigenvalue weighted by Gasteiger charge is 2.11. The van der Waals surface area contributed by atoms with Crippen LogP contribution in [-0.2, 0) is 0 Å². The fourth-order valence-electron chi connectivity index (χ4n) is 1.35. The maximum Gasteiger partial charge on any atom is 0.387 e. The van der Waals surface area contributed by atoms with E-state index in [1.807, 2.05) is 13.8 Å². The van der Waals surface area contributed by atoms with Crippen molar-refractivity contribution in [3.63, 3.8) is 0 Å². The average molecular weight is 274 g/mol. The summed E-state index contributed by atoms with van der Waals surface area (Å²) >= 11 is 5.05. The van der Waals surface area contributed by atoms with Gasteiger partial charge in [0.2, 0.25) is 0 Å². The zero-order valence-electron chi connectivity index (χ0n) is 10.5. The van der Waals surface area contributed by atoms with Crippen molar-refractivity contribution in [1.82, 2.24) is 5.32 Å². The van der Waals surface area contributed by atoms with E-state index in [-0.39, 0.29) is 11.8 Å². The molecule has 0 spiro atoms. The van der Waals surface area contributed by atoms with E-state index in [4.69, 9.17) is 12.2 Å². The van der Waals surface area contributed by atoms with Crippen molar-refractivity contribution in [2.45, 2.75) is 33.4 Å². The number of aryl methyl sites for hydroxylation is 1. The van der Waals surface area contributed by atoms with Gasteiger partial charge >= 0.3 is 6.61 Å². The second kappa shape index (κ2) is 6.49. The average Bonchev–Trinajstić information content (AvgIpc) is 2.20. The summed E-state index contributed by atoms with van der Waals surface area (Å²) in [5.74, 6) is 0.0814. The van der Waals surface area contributed by atoms with E-state index in [1.54, 1.807) is 19.1 Å². The topological polar surface area (TPSA) is 33.3 Å². The van der Waals surface area contributed by atoms with E-state index in [0.717, 1.165) is 5.56 Å². The van der Waals surface area contributed by atoms with Gasteiger partial charge in [0.05, 0.1) is 5.69 Å². The quantitative estimate of drug-likeness (QED) is 0.825. The van der Waals surface area contributed by atoms with Gasteiger partial charge in [-0.05, 0) is 50.7 Å². The number of ether oxygens (including phenoxy) is 1. The van der Waals surface area contributed by atoms with E-state index < -0.39 is 6.61 Å². The molecule has 0 aliphatic heterocycles. The predicted molar refractivity (Wildman–Crippen MR) is 72.3 cm³/mol. The van der Waals surface area contributed by atoms with E-state index in [0.29, 0.717) is 10.8 Å². The Labute approximate surface area is 111 Å². The summed E-state index contributed by atoms with van der Waals surface area (Å²) in [7, 11) is 0. The fraction of sp³-hybridized carbons (Fsp3) is 0.417. The lowest BCUT2D eigenvalue weighted by Gasteiger charge is -2.16. The largest absolute Gasteiger partial charge is 0.433 e. The van der Waals surface area contributed by atoms with Crippen LogP contribution in [0.2, 0.25) is 0 Å². The van der Waals surface area contributed by atoms with Crippen LogP contribution in [0.4, 0.5) is 14.5 Å². The highest BCUT2D eigenvalue weighted by Crippen LogP contribution is 2.27. The highest BCUT2D eigenvalue weighted by atomic mass is 32.1. The van der Waals surface area contributed by atoms with Gasteiger partial charge < -0.3 is 15.4 Å². The van der Waals surface area contributed by atoms with Crippen molar-refractivity contribution in [1.29, 1.82) is 0 Å². The van der Waals surface area contributed by atoms with Crippen LogP contribution in [0, 0.1) is 6.92 Å². The normalized spacial score (nSPS) is 10.6. The second-order valence-electron chi connectivity index (χ2n) is 4.13. The summed E-state index contributed by atoms with van der Waals surface area (Å²) in [4.78, 5) is 0. The molecule has 100 valence electrons. The van der Waals surface area contributed by atoms with Gasteiger partial charge in [-0.3, -0.25) is 0 Å². The van der Waals surface area contributed by atoms with Crippen LogP contribution in [0.25, 0.3) is 0 Å². The maximum absolute atomic E-state index is 12.3. The molecule has 3 nitrogen and oxygen atoms in total. The molecule has 0 amide bonds. The van der Waals surface area contributed by atoms with Gasteiger partial charge in [-0.1, -0.05) is 6.07 Å². The Morgan fingerprint density at radius 3 is 2.56 bits per heavy atom. The Kier molecular flexibility index (Phi) is 5.27. The molecule has 6 heteroatoms. The summed E-state index contributed by atoms with van der Waals surface area (Å²) in [6.45, 7) is 2.80. The van der Waals surface area contributed by atoms with Gasteiger partial charge in [-0.25, -0.2) is 0 Å². The first-order valence-corrected chi connectivity index (χ1v) is 5.92. The van der Waals surface area contributed by atoms with E-state index in [1.165, 1.54) is 6.07 Å². The number of anilines is 1. The number of hydrogen-bond acceptors (Lipinski definition) is 2. The van der Waals surface area contributed by atoms with Gasteiger partial charge in [0.1, 0.15) is 5.75 Å². The number of hydrogen-bond donors (Lipinski definition) is 2. The van der Waals surface area contributed by atoms with Gasteiger partial charge in [-0.2, -0.15) is 8.78 Å². The Hall–Kier alpha value is -1.43. The van der Waals surface area contributed by atoms with Crippen molar-refractivity contribution in [3.05, 3.63) is 23.8 Å². The summed E-state index contributed by atoms with van der Waals surface area (Å²) in [5, 5.41) is 6.17. The van der Waals surface area contributed by atoms with Crippen LogP contribution < -0.4 is 15.4 Å². The maximum atomic E-state index is 12.3. The van der Waals surface area contributed by atoms with Gasteiger partial charge in [-0.15, -0.1) is 0 Å². The first kappa shape index (κ1) is 14.6. The number of rotatable bonds is 4. The molecule has 0 fully saturated rings. The molecule has 0 bridgehead atoms. The van der Waals surface area contributed by atoms with Crippen LogP contribution >= 0.6 is 12.2 Å². The zero-order chi connectivity index (χ0) is 13.7. The smallest absolute Gasteiger partial charge is 0.387 e. The van der Waals surface area contributed by atoms with E-state index >= 15 is 0 Å². The van der Waals surface area contributed by atoms with Crippen molar-refractivity contribution in [3.8, 4) is 5.75 Å². The summed E-state index contributed by atoms with van der Waals surface area (Å²) in [6.07, 6.45) is 0. The minimum absolute atomic E-state index is 0.0814. The molecule has 0 radical (unpaired) electrons. The lowest BCUT2D eigenvalue weighted by molar-refractivity contribution is -0.0493. The Morgan fingerprint density at radius 2 is 2.00 bits per heavy atom. The molecule has 0 heterocycles. The summed E-state index contributed by atoms with van der Waals surface area (Å²) in [5.41, 5.74) is 1.25. The first-order valence-electron chi connectivity index (χ1n) is 5.51. The number of benzene rings is 1. The van der Waals surface area contributed by atoms with Crippen molar-refractivity contribution in [2.75, 3.05) is 5.32 Å². The second-order valence-corrected chi connectivity index (χ2v) is 4.54. The molecule has 1 rings (SSSR count). The molecule has 0 aromatic heterocycles. The van der Waals surface area contributed by atoms with Crippen molar-refractivity contribution in [2.24, 2.45) is 0 Å². The minimum Gasteiger partial charge on any atom is -0.433 e. The van der Waals surface area contributed by atoms with Crippen LogP contribution in [0.3, 0.4) is 0 Å². The van der Waals surface area contributed by atoms with Crippen LogP contribution in [0.1, 0.15) is 19.4 Å². The Morgan fingerprint density at radius 1 is 1.33 bits per heavy atom. The highest BCUT2D eigenvalue weighted by molar-refractivity contribution is 7.80. The first-order chi connectivity index (χ1) is 8.38. The molecule has 0 unspecified atom stereocenters. The number of nitrogens with one attached hydrogen (secondary N) is 2. The molecular formula is C12H16F2N2OS. The van der Waals surface area contributed by atoms with Crippen molar-refractivity contribution >= 4 is 23.0 Å². The standard InChI is InChI=1S/C12H16F2N2OS/c1-7(2)15-12(18)16-9-5-4-8(3)6-10(9)17-11(13)14/h4-7,11H,1-3H3,(H2,15,16,18). The molecule has 0 saturated heterocycles. The Balaban J connectivity index is 2.83. The van der Waals surface area contributed by atoms with Crippen LogP contribution in [0.5, 0.6) is 5.75 Å². The lowest BCUT2D eigenvalue weighted by atomic mass is 10.2. The number of halogens is 2. The van der Waals surface area contributed by atoms with Crippen LogP contribution in [0.15, 0.2) is 18.2 Å². The van der Waals surface area contributed by atoms with Crippen molar-refractivity contribution < 1.29 is 13.5 Å². The van der Waals surface area contributed by atoms with Crippen LogP contribution in [-0.4, -0.2) is 17.8 Å². The Bertz CT molecular complexity index is 425. The molecule has 0 atom stereocenters. The van der Waals surface area contributed by atoms with E-state index in [9.17, 15) is 8.78 Å². The molecule has 1 aromatic carbocycles. The fourth-order valence-corrected chi connectivity index (χ4v) is 1.69. The minimum atomic E-state index is -2.86. The molecule has 18 heavy (non-hydrogen) atoms. The monoisotopic (exact) mass is 274 g/mol. The third-order valence-electron chi connectivity index (χ3n) is 2.02. The molecular weight excluding hydrogens is 258 g/mol. The van der Waals surface area contributed by atoms with Gasteiger partial charge in [0.15, 0.2) is 5.11 Å². The molecule has 2 N–H and O–H groups in total. The molecule has 0 aliphatic rings. The van der Waals surface area contributed by atoms with Gasteiger partial charge in [0.25, 0.3) is 0 Å². The summed E-state index contributed by atoms with van der Waals surface area (Å²) in [6, 6.07) is 5.14. The summed E-state index contributed by atoms with van der Waals surface area (Å²) < 4.78 is 29.0. The predicted octanol–water partition coefficient (Wildman–Crippen LogP) is 3.29. The lowest BCUT2D eigenvalue weighted by Crippen LogP contribution is -2.34. The molecule has 1 aromatic rings. The third-order valence-corrected chi connectivity index (χ3v) is 2.24. The zero-order valence-corrected chi connectivity index (χ0v) is 11.3. The molecule has 0 saturated carbocycles. The van der Waals surface area contributed by atoms with E-state index in [2.05, 4.69) is 15.4 Å². The number of alkyl halides is 2. The number of thiocarbonyl (C=S) groups is 1. The molecule has 0 aliphatic carbocycles. The van der Waals surface area contributed by atoms with Gasteiger partial charge in [0, 0.05) is 6.04 Å². The third kappa shape index (κ3) is 4.83.